The summed E-state index contributed by atoms with van der Waals surface area (Å²) < 4.78 is 2.06. The highest BCUT2D eigenvalue weighted by molar-refractivity contribution is 5.94. The third-order valence-corrected chi connectivity index (χ3v) is 6.27. The molecule has 31 heavy (non-hydrogen) atoms. The van der Waals surface area contributed by atoms with Gasteiger partial charge in [-0.1, -0.05) is 12.1 Å². The number of carbonyl (C=O) groups excluding carboxylic acids is 1. The van der Waals surface area contributed by atoms with E-state index in [1.165, 1.54) is 5.56 Å². The second-order valence-electron chi connectivity index (χ2n) is 8.16. The first-order chi connectivity index (χ1) is 15.2. The average Bonchev–Trinajstić information content (AvgIpc) is 3.48. The van der Waals surface area contributed by atoms with Crippen LogP contribution in [0.4, 0.5) is 11.5 Å². The summed E-state index contributed by atoms with van der Waals surface area (Å²) in [6, 6.07) is 9.98. The predicted octanol–water partition coefficient (Wildman–Crippen LogP) is 1.86. The topological polar surface area (TPSA) is 92.3 Å². The van der Waals surface area contributed by atoms with Crippen LogP contribution >= 0.6 is 0 Å². The largest absolute Gasteiger partial charge is 0.383 e. The molecule has 160 valence electrons. The van der Waals surface area contributed by atoms with Crippen LogP contribution < -0.4 is 11.1 Å². The number of amides is 1. The maximum atomic E-state index is 13.0. The molecule has 5 rings (SSSR count). The fourth-order valence-corrected chi connectivity index (χ4v) is 4.41. The molecule has 1 amide bonds. The van der Waals surface area contributed by atoms with Gasteiger partial charge in [-0.25, -0.2) is 9.97 Å². The minimum Gasteiger partial charge on any atom is -0.383 e. The van der Waals surface area contributed by atoms with E-state index >= 15 is 0 Å². The molecule has 4 heterocycles. The molecule has 0 aliphatic carbocycles. The number of aryl methyl sites for hydroxylation is 2. The Hall–Kier alpha value is -3.39. The third-order valence-electron chi connectivity index (χ3n) is 6.27. The smallest absolute Gasteiger partial charge is 0.253 e. The van der Waals surface area contributed by atoms with Gasteiger partial charge in [0.1, 0.15) is 5.82 Å². The van der Waals surface area contributed by atoms with Gasteiger partial charge in [0.05, 0.1) is 12.5 Å². The number of pyridine rings is 1. The molecule has 1 aromatic carbocycles. The molecule has 2 aromatic heterocycles. The molecule has 8 heteroatoms. The first-order valence-electron chi connectivity index (χ1n) is 10.8. The van der Waals surface area contributed by atoms with Gasteiger partial charge < -0.3 is 20.5 Å². The van der Waals surface area contributed by atoms with Gasteiger partial charge in [-0.2, -0.15) is 0 Å². The monoisotopic (exact) mass is 417 g/mol. The van der Waals surface area contributed by atoms with Crippen molar-refractivity contribution in [3.05, 3.63) is 71.9 Å². The number of hydrogen-bond acceptors (Lipinski definition) is 6. The average molecular weight is 418 g/mol. The molecule has 8 nitrogen and oxygen atoms in total. The van der Waals surface area contributed by atoms with E-state index in [0.29, 0.717) is 5.82 Å². The number of anilines is 2. The van der Waals surface area contributed by atoms with E-state index in [1.54, 1.807) is 12.4 Å². The molecular formula is C23H27N7O. The minimum absolute atomic E-state index is 0.108. The molecule has 0 radical (unpaired) electrons. The minimum atomic E-state index is 0.108. The molecule has 2 aliphatic heterocycles. The van der Waals surface area contributed by atoms with Gasteiger partial charge in [-0.15, -0.1) is 0 Å². The summed E-state index contributed by atoms with van der Waals surface area (Å²) in [5, 5.41) is 3.55. The summed E-state index contributed by atoms with van der Waals surface area (Å²) in [7, 11) is 0. The maximum absolute atomic E-state index is 13.0. The molecule has 1 saturated heterocycles. The number of nitrogens with zero attached hydrogens (tertiary/aromatic N) is 5. The number of benzene rings is 1. The number of hydrogen-bond donors (Lipinski definition) is 2. The van der Waals surface area contributed by atoms with Gasteiger partial charge in [0.15, 0.2) is 0 Å². The summed E-state index contributed by atoms with van der Waals surface area (Å²) in [5.41, 5.74) is 10.2. The van der Waals surface area contributed by atoms with Crippen molar-refractivity contribution in [2.24, 2.45) is 0 Å². The lowest BCUT2D eigenvalue weighted by molar-refractivity contribution is 0.0594. The number of aromatic nitrogens is 3. The number of imidazole rings is 1. The zero-order valence-corrected chi connectivity index (χ0v) is 17.4. The second-order valence-corrected chi connectivity index (χ2v) is 8.16. The SMILES string of the molecule is Nc1nccc2c1CC(N1CCN(C(=O)c3ccc(CCn4ccnc4)cc3)CC1)N2. The molecule has 0 saturated carbocycles. The standard InChI is InChI=1S/C23H27N7O/c24-22-19-15-21(27-20(19)5-7-26-22)29-11-13-30(14-12-29)23(31)18-3-1-17(2-4-18)6-9-28-10-8-25-16-28/h1-5,7-8,10,16,21,27H,6,9,11-15H2,(H2,24,26). The first kappa shape index (κ1) is 19.6. The molecule has 1 atom stereocenters. The maximum Gasteiger partial charge on any atom is 0.253 e. The fourth-order valence-electron chi connectivity index (χ4n) is 4.41. The number of carbonyl (C=O) groups is 1. The van der Waals surface area contributed by atoms with Gasteiger partial charge in [0.25, 0.3) is 5.91 Å². The van der Waals surface area contributed by atoms with Crippen LogP contribution in [0.2, 0.25) is 0 Å². The van der Waals surface area contributed by atoms with Gasteiger partial charge in [-0.05, 0) is 30.2 Å². The van der Waals surface area contributed by atoms with E-state index in [-0.39, 0.29) is 12.1 Å². The van der Waals surface area contributed by atoms with Crippen LogP contribution in [0.15, 0.2) is 55.2 Å². The van der Waals surface area contributed by atoms with E-state index in [1.807, 2.05) is 35.6 Å². The Bertz CT molecular complexity index is 1040. The Labute approximate surface area is 181 Å². The van der Waals surface area contributed by atoms with Crippen LogP contribution in [0.1, 0.15) is 21.5 Å². The molecule has 0 spiro atoms. The summed E-state index contributed by atoms with van der Waals surface area (Å²) in [4.78, 5) is 25.6. The molecule has 1 fully saturated rings. The van der Waals surface area contributed by atoms with Crippen molar-refractivity contribution in [3.63, 3.8) is 0 Å². The summed E-state index contributed by atoms with van der Waals surface area (Å²) in [6.07, 6.45) is 9.29. The molecule has 2 aliphatic rings. The Morgan fingerprint density at radius 3 is 2.61 bits per heavy atom. The fraction of sp³-hybridized carbons (Fsp3) is 0.348. The van der Waals surface area contributed by atoms with Crippen LogP contribution in [-0.2, 0) is 19.4 Å². The van der Waals surface area contributed by atoms with Crippen molar-refractivity contribution < 1.29 is 4.79 Å². The van der Waals surface area contributed by atoms with Crippen molar-refractivity contribution in [2.45, 2.75) is 25.6 Å². The number of piperazine rings is 1. The number of nitrogens with two attached hydrogens (primary N) is 1. The molecule has 0 bridgehead atoms. The summed E-state index contributed by atoms with van der Waals surface area (Å²) in [6.45, 7) is 4.02. The third kappa shape index (κ3) is 4.11. The van der Waals surface area contributed by atoms with Crippen LogP contribution in [0.25, 0.3) is 0 Å². The van der Waals surface area contributed by atoms with Gasteiger partial charge in [-0.3, -0.25) is 9.69 Å². The first-order valence-corrected chi connectivity index (χ1v) is 10.8. The molecule has 1 unspecified atom stereocenters. The van der Waals surface area contributed by atoms with E-state index in [4.69, 9.17) is 5.73 Å². The Balaban J connectivity index is 1.14. The normalized spacial score (nSPS) is 18.6. The predicted molar refractivity (Wildman–Crippen MR) is 120 cm³/mol. The lowest BCUT2D eigenvalue weighted by Gasteiger charge is -2.38. The van der Waals surface area contributed by atoms with E-state index in [2.05, 4.69) is 36.9 Å². The van der Waals surface area contributed by atoms with Crippen LogP contribution in [0.5, 0.6) is 0 Å². The number of nitrogen functional groups attached to an aromatic ring is 1. The number of nitrogens with one attached hydrogen (secondary N) is 1. The lowest BCUT2D eigenvalue weighted by Crippen LogP contribution is -2.53. The van der Waals surface area contributed by atoms with Crippen LogP contribution in [0, 0.1) is 0 Å². The van der Waals surface area contributed by atoms with E-state index in [9.17, 15) is 4.79 Å². The quantitative estimate of drug-likeness (QED) is 0.658. The Morgan fingerprint density at radius 1 is 1.10 bits per heavy atom. The van der Waals surface area contributed by atoms with Gasteiger partial charge >= 0.3 is 0 Å². The molecule has 3 aromatic rings. The number of rotatable bonds is 5. The highest BCUT2D eigenvalue weighted by atomic mass is 16.2. The van der Waals surface area contributed by atoms with Gasteiger partial charge in [0.2, 0.25) is 0 Å². The summed E-state index contributed by atoms with van der Waals surface area (Å²) in [5.74, 6) is 0.715. The zero-order chi connectivity index (χ0) is 21.2. The van der Waals surface area contributed by atoms with Crippen molar-refractivity contribution in [3.8, 4) is 0 Å². The van der Waals surface area contributed by atoms with Gasteiger partial charge in [0, 0.05) is 74.5 Å². The van der Waals surface area contributed by atoms with Crippen molar-refractivity contribution in [1.29, 1.82) is 0 Å². The van der Waals surface area contributed by atoms with E-state index in [0.717, 1.165) is 62.4 Å². The van der Waals surface area contributed by atoms with Crippen molar-refractivity contribution in [2.75, 3.05) is 37.2 Å². The highest BCUT2D eigenvalue weighted by Gasteiger charge is 2.31. The van der Waals surface area contributed by atoms with Crippen molar-refractivity contribution in [1.82, 2.24) is 24.3 Å². The van der Waals surface area contributed by atoms with Crippen LogP contribution in [0.3, 0.4) is 0 Å². The highest BCUT2D eigenvalue weighted by Crippen LogP contribution is 2.30. The van der Waals surface area contributed by atoms with Crippen LogP contribution in [-0.4, -0.2) is 62.6 Å². The zero-order valence-electron chi connectivity index (χ0n) is 17.4. The molecule has 3 N–H and O–H groups in total. The summed E-state index contributed by atoms with van der Waals surface area (Å²) >= 11 is 0. The molecular weight excluding hydrogens is 390 g/mol. The second kappa shape index (κ2) is 8.39. The number of fused-ring (bicyclic) bond motifs is 1. The van der Waals surface area contributed by atoms with Crippen molar-refractivity contribution >= 4 is 17.4 Å². The van der Waals surface area contributed by atoms with E-state index < -0.39 is 0 Å². The lowest BCUT2D eigenvalue weighted by atomic mass is 10.1. The Morgan fingerprint density at radius 2 is 1.90 bits per heavy atom. The Kier molecular flexibility index (Phi) is 5.30.